The van der Waals surface area contributed by atoms with Gasteiger partial charge < -0.3 is 20.6 Å². The van der Waals surface area contributed by atoms with E-state index in [1.165, 1.54) is 24.4 Å². The third-order valence-electron chi connectivity index (χ3n) is 6.70. The lowest BCUT2D eigenvalue weighted by atomic mass is 10.1. The molecule has 1 saturated heterocycles. The lowest BCUT2D eigenvalue weighted by Gasteiger charge is -2.25. The Morgan fingerprint density at radius 3 is 2.49 bits per heavy atom. The first-order chi connectivity index (χ1) is 19.5. The number of halogens is 4. The van der Waals surface area contributed by atoms with Crippen molar-refractivity contribution in [2.75, 3.05) is 28.6 Å². The van der Waals surface area contributed by atoms with Crippen LogP contribution in [0, 0.1) is 5.82 Å². The largest absolute Gasteiger partial charge is 0.471 e. The number of nitrogens with zero attached hydrogens (tertiary/aromatic N) is 4. The summed E-state index contributed by atoms with van der Waals surface area (Å²) in [7, 11) is 0. The fourth-order valence-corrected chi connectivity index (χ4v) is 5.63. The Bertz CT molecular complexity index is 1470. The summed E-state index contributed by atoms with van der Waals surface area (Å²) < 4.78 is 54.4. The van der Waals surface area contributed by atoms with Gasteiger partial charge in [-0.05, 0) is 44.2 Å². The summed E-state index contributed by atoms with van der Waals surface area (Å²) in [6.45, 7) is 0.740. The second-order valence-electron chi connectivity index (χ2n) is 9.70. The minimum absolute atomic E-state index is 0.0933. The van der Waals surface area contributed by atoms with Crippen LogP contribution in [0.2, 0.25) is 0 Å². The van der Waals surface area contributed by atoms with Crippen molar-refractivity contribution in [1.29, 1.82) is 0 Å². The average Bonchev–Trinajstić information content (AvgIpc) is 3.60. The number of rotatable bonds is 7. The van der Waals surface area contributed by atoms with Crippen molar-refractivity contribution in [3.8, 4) is 10.6 Å². The zero-order valence-corrected chi connectivity index (χ0v) is 22.2. The molecule has 0 bridgehead atoms. The minimum atomic E-state index is -4.97. The van der Waals surface area contributed by atoms with Crippen molar-refractivity contribution in [3.63, 3.8) is 0 Å². The van der Waals surface area contributed by atoms with E-state index in [-0.39, 0.29) is 33.7 Å². The van der Waals surface area contributed by atoms with E-state index in [2.05, 4.69) is 26.0 Å². The first-order valence-corrected chi connectivity index (χ1v) is 13.6. The van der Waals surface area contributed by atoms with Crippen molar-refractivity contribution in [2.45, 2.75) is 50.4 Å². The first-order valence-electron chi connectivity index (χ1n) is 12.8. The topological polar surface area (TPSA) is 141 Å². The van der Waals surface area contributed by atoms with Crippen LogP contribution < -0.4 is 20.9 Å². The van der Waals surface area contributed by atoms with Crippen LogP contribution in [0.5, 0.6) is 0 Å². The summed E-state index contributed by atoms with van der Waals surface area (Å²) in [6.07, 6.45) is -2.14. The minimum Gasteiger partial charge on any atom is -0.465 e. The van der Waals surface area contributed by atoms with Crippen LogP contribution in [-0.2, 0) is 4.79 Å². The van der Waals surface area contributed by atoms with E-state index in [9.17, 15) is 37.1 Å². The molecular weight excluding hydrogens is 570 g/mol. The van der Waals surface area contributed by atoms with Crippen LogP contribution in [-0.4, -0.2) is 63.1 Å². The third-order valence-corrected chi connectivity index (χ3v) is 7.70. The Balaban J connectivity index is 1.39. The predicted molar refractivity (Wildman–Crippen MR) is 142 cm³/mol. The summed E-state index contributed by atoms with van der Waals surface area (Å²) in [6, 6.07) is 5.19. The molecule has 41 heavy (non-hydrogen) atoms. The SMILES string of the molecule is O=C(O)Nc1sc(-c2ccccc2F)nc1C(=O)Nc1cnn(C2CC2)c1N1CCCC(NC(=O)C(F)(F)F)CC1. The molecule has 11 nitrogen and oxygen atoms in total. The zero-order chi connectivity index (χ0) is 29.3. The number of carboxylic acid groups (broad SMARTS) is 1. The quantitative estimate of drug-likeness (QED) is 0.286. The molecule has 2 aromatic heterocycles. The van der Waals surface area contributed by atoms with Crippen molar-refractivity contribution < 1.29 is 37.1 Å². The van der Waals surface area contributed by atoms with Gasteiger partial charge in [-0.2, -0.15) is 18.3 Å². The van der Waals surface area contributed by atoms with Gasteiger partial charge in [0.25, 0.3) is 5.91 Å². The molecule has 0 spiro atoms. The molecule has 1 saturated carbocycles. The van der Waals surface area contributed by atoms with Crippen LogP contribution in [0.1, 0.15) is 48.6 Å². The molecule has 3 amide bonds. The number of hydrogen-bond acceptors (Lipinski definition) is 7. The second-order valence-corrected chi connectivity index (χ2v) is 10.7. The molecule has 3 aromatic rings. The van der Waals surface area contributed by atoms with Crippen LogP contribution in [0.3, 0.4) is 0 Å². The molecule has 16 heteroatoms. The molecular formula is C25H25F4N7O4S. The Hall–Kier alpha value is -4.21. The molecule has 1 aliphatic heterocycles. The maximum atomic E-state index is 14.4. The number of nitrogens with one attached hydrogen (secondary N) is 3. The van der Waals surface area contributed by atoms with Gasteiger partial charge in [0.2, 0.25) is 0 Å². The zero-order valence-electron chi connectivity index (χ0n) is 21.4. The smallest absolute Gasteiger partial charge is 0.465 e. The van der Waals surface area contributed by atoms with E-state index in [0.29, 0.717) is 37.4 Å². The number of anilines is 3. The van der Waals surface area contributed by atoms with Crippen LogP contribution >= 0.6 is 11.3 Å². The van der Waals surface area contributed by atoms with Crippen molar-refractivity contribution in [3.05, 3.63) is 42.0 Å². The van der Waals surface area contributed by atoms with E-state index in [4.69, 9.17) is 0 Å². The summed E-state index contributed by atoms with van der Waals surface area (Å²) >= 11 is 0.806. The summed E-state index contributed by atoms with van der Waals surface area (Å²) in [4.78, 5) is 42.4. The van der Waals surface area contributed by atoms with E-state index in [0.717, 1.165) is 24.2 Å². The van der Waals surface area contributed by atoms with Gasteiger partial charge in [0.05, 0.1) is 12.2 Å². The molecule has 1 unspecified atom stereocenters. The average molecular weight is 596 g/mol. The predicted octanol–water partition coefficient (Wildman–Crippen LogP) is 4.86. The van der Waals surface area contributed by atoms with E-state index < -0.39 is 35.9 Å². The lowest BCUT2D eigenvalue weighted by molar-refractivity contribution is -0.174. The summed E-state index contributed by atoms with van der Waals surface area (Å²) in [5, 5.41) is 20.7. The molecule has 1 atom stereocenters. The number of carbonyl (C=O) groups excluding carboxylic acids is 2. The van der Waals surface area contributed by atoms with Crippen molar-refractivity contribution in [2.24, 2.45) is 0 Å². The summed E-state index contributed by atoms with van der Waals surface area (Å²) in [5.74, 6) is -2.76. The highest BCUT2D eigenvalue weighted by Gasteiger charge is 2.40. The van der Waals surface area contributed by atoms with Gasteiger partial charge in [-0.3, -0.25) is 14.9 Å². The van der Waals surface area contributed by atoms with Gasteiger partial charge >= 0.3 is 18.2 Å². The molecule has 1 aromatic carbocycles. The maximum Gasteiger partial charge on any atom is 0.471 e. The lowest BCUT2D eigenvalue weighted by Crippen LogP contribution is -2.43. The van der Waals surface area contributed by atoms with Gasteiger partial charge in [-0.1, -0.05) is 23.5 Å². The van der Waals surface area contributed by atoms with Crippen LogP contribution in [0.15, 0.2) is 30.5 Å². The first kappa shape index (κ1) is 28.3. The molecule has 218 valence electrons. The van der Waals surface area contributed by atoms with Gasteiger partial charge in [-0.25, -0.2) is 18.9 Å². The molecule has 5 rings (SSSR count). The number of thiazole rings is 1. The molecule has 4 N–H and O–H groups in total. The normalized spacial score (nSPS) is 17.6. The van der Waals surface area contributed by atoms with Crippen molar-refractivity contribution >= 4 is 45.8 Å². The van der Waals surface area contributed by atoms with Gasteiger partial charge in [0.1, 0.15) is 21.5 Å². The van der Waals surface area contributed by atoms with E-state index in [1.807, 2.05) is 4.90 Å². The molecule has 1 aliphatic carbocycles. The Morgan fingerprint density at radius 1 is 1.05 bits per heavy atom. The maximum absolute atomic E-state index is 14.4. The Kier molecular flexibility index (Phi) is 7.84. The van der Waals surface area contributed by atoms with Gasteiger partial charge in [0.15, 0.2) is 11.5 Å². The Labute approximate surface area is 234 Å². The molecule has 2 aliphatic rings. The number of hydrogen-bond donors (Lipinski definition) is 4. The van der Waals surface area contributed by atoms with Gasteiger partial charge in [-0.15, -0.1) is 0 Å². The van der Waals surface area contributed by atoms with Crippen LogP contribution in [0.4, 0.5) is 38.9 Å². The molecule has 2 fully saturated rings. The molecule has 3 heterocycles. The van der Waals surface area contributed by atoms with Crippen molar-refractivity contribution in [1.82, 2.24) is 20.1 Å². The number of alkyl halides is 3. The second kappa shape index (κ2) is 11.3. The van der Waals surface area contributed by atoms with Gasteiger partial charge in [0, 0.05) is 24.7 Å². The number of carbonyl (C=O) groups is 3. The molecule has 0 radical (unpaired) electrons. The highest BCUT2D eigenvalue weighted by Crippen LogP contribution is 2.41. The number of benzene rings is 1. The third kappa shape index (κ3) is 6.42. The monoisotopic (exact) mass is 595 g/mol. The van der Waals surface area contributed by atoms with Crippen LogP contribution in [0.25, 0.3) is 10.6 Å². The highest BCUT2D eigenvalue weighted by atomic mass is 32.1. The Morgan fingerprint density at radius 2 is 1.80 bits per heavy atom. The fraction of sp³-hybridized carbons (Fsp3) is 0.400. The van der Waals surface area contributed by atoms with E-state index >= 15 is 0 Å². The number of aromatic nitrogens is 3. The standard InChI is InChI=1S/C25H25F4N7O4S/c26-16-6-2-1-5-15(16)20-33-18(21(41-20)34-24(39)40)19(37)32-17-12-30-36(14-7-8-14)22(17)35-10-3-4-13(9-11-35)31-23(38)25(27,28)29/h1-2,5-6,12-14,34H,3-4,7-11H2,(H,31,38)(H,32,37)(H,39,40). The fourth-order valence-electron chi connectivity index (χ4n) is 4.65. The summed E-state index contributed by atoms with van der Waals surface area (Å²) in [5.41, 5.74) is 0.150. The van der Waals surface area contributed by atoms with E-state index in [1.54, 1.807) is 10.7 Å². The number of amides is 3. The highest BCUT2D eigenvalue weighted by molar-refractivity contribution is 7.19.